The Bertz CT molecular complexity index is 1170. The molecule has 1 aromatic heterocycles. The van der Waals surface area contributed by atoms with Crippen molar-refractivity contribution in [3.63, 3.8) is 0 Å². The van der Waals surface area contributed by atoms with Gasteiger partial charge in [0.2, 0.25) is 12.7 Å². The second kappa shape index (κ2) is 7.41. The first-order chi connectivity index (χ1) is 15.0. The lowest BCUT2D eigenvalue weighted by molar-refractivity contribution is -0.118. The molecule has 3 aromatic rings. The average molecular weight is 415 g/mol. The van der Waals surface area contributed by atoms with Gasteiger partial charge in [-0.2, -0.15) is 0 Å². The van der Waals surface area contributed by atoms with E-state index in [4.69, 9.17) is 9.47 Å². The maximum Gasteiger partial charge on any atom is 0.236 e. The Morgan fingerprint density at radius 3 is 2.55 bits per heavy atom. The summed E-state index contributed by atoms with van der Waals surface area (Å²) in [6, 6.07) is 16.2. The number of carbonyl (C=O) groups is 1. The van der Waals surface area contributed by atoms with Crippen LogP contribution in [0.25, 0.3) is 11.1 Å². The van der Waals surface area contributed by atoms with E-state index >= 15 is 0 Å². The number of benzene rings is 2. The van der Waals surface area contributed by atoms with Crippen LogP contribution >= 0.6 is 0 Å². The van der Waals surface area contributed by atoms with E-state index in [1.807, 2.05) is 30.5 Å². The molecule has 31 heavy (non-hydrogen) atoms. The number of carbonyl (C=O) groups excluding carboxylic acids is 1. The largest absolute Gasteiger partial charge is 0.454 e. The summed E-state index contributed by atoms with van der Waals surface area (Å²) in [5.41, 5.74) is 5.13. The molecule has 158 valence electrons. The summed E-state index contributed by atoms with van der Waals surface area (Å²) in [6.07, 6.45) is 3.50. The van der Waals surface area contributed by atoms with Crippen LogP contribution in [0.1, 0.15) is 49.3 Å². The molecule has 1 saturated carbocycles. The second-order valence-electron chi connectivity index (χ2n) is 8.73. The molecule has 5 heteroatoms. The zero-order valence-electron chi connectivity index (χ0n) is 18.1. The maximum absolute atomic E-state index is 13.2. The van der Waals surface area contributed by atoms with E-state index in [-0.39, 0.29) is 12.7 Å². The summed E-state index contributed by atoms with van der Waals surface area (Å²) >= 11 is 0. The minimum atomic E-state index is -0.514. The summed E-state index contributed by atoms with van der Waals surface area (Å²) in [5, 5.41) is 3.05. The number of aromatic nitrogens is 1. The van der Waals surface area contributed by atoms with E-state index in [9.17, 15) is 4.79 Å². The van der Waals surface area contributed by atoms with Crippen LogP contribution in [0.3, 0.4) is 0 Å². The molecule has 2 aromatic carbocycles. The average Bonchev–Trinajstić information content (AvgIpc) is 3.45. The van der Waals surface area contributed by atoms with Crippen molar-refractivity contribution in [1.82, 2.24) is 4.98 Å². The van der Waals surface area contributed by atoms with E-state index < -0.39 is 5.41 Å². The topological polar surface area (TPSA) is 60.5 Å². The zero-order chi connectivity index (χ0) is 21.6. The van der Waals surface area contributed by atoms with Gasteiger partial charge in [-0.05, 0) is 66.1 Å². The smallest absolute Gasteiger partial charge is 0.236 e. The lowest BCUT2D eigenvalue weighted by Gasteiger charge is -2.18. The van der Waals surface area contributed by atoms with Crippen LogP contribution in [-0.4, -0.2) is 17.7 Å². The fraction of sp³-hybridized carbons (Fsp3) is 0.308. The van der Waals surface area contributed by atoms with Crippen molar-refractivity contribution in [2.75, 3.05) is 12.1 Å². The molecule has 0 radical (unpaired) electrons. The third-order valence-electron chi connectivity index (χ3n) is 6.34. The van der Waals surface area contributed by atoms with E-state index in [1.165, 1.54) is 11.1 Å². The molecule has 0 saturated heterocycles. The first-order valence-electron chi connectivity index (χ1n) is 10.8. The number of ether oxygens (including phenoxy) is 2. The van der Waals surface area contributed by atoms with Crippen molar-refractivity contribution < 1.29 is 14.3 Å². The Hall–Kier alpha value is -3.34. The molecule has 1 N–H and O–H groups in total. The number of aryl methyl sites for hydroxylation is 1. The molecule has 2 aliphatic rings. The zero-order valence-corrected chi connectivity index (χ0v) is 18.1. The highest BCUT2D eigenvalue weighted by Gasteiger charge is 2.51. The molecule has 1 aliphatic carbocycles. The SMILES string of the molecule is Cc1cc(NC(=O)C2(c3ccc4c(c3)OCO4)CC2)ncc1-c1ccccc1C(C)C. The summed E-state index contributed by atoms with van der Waals surface area (Å²) in [4.78, 5) is 17.8. The van der Waals surface area contributed by atoms with Crippen LogP contribution in [0, 0.1) is 6.92 Å². The summed E-state index contributed by atoms with van der Waals surface area (Å²) < 4.78 is 10.9. The number of hydrogen-bond donors (Lipinski definition) is 1. The fourth-order valence-corrected chi connectivity index (χ4v) is 4.35. The maximum atomic E-state index is 13.2. The third kappa shape index (κ3) is 3.44. The van der Waals surface area contributed by atoms with Gasteiger partial charge in [0.15, 0.2) is 11.5 Å². The van der Waals surface area contributed by atoms with Crippen LogP contribution in [-0.2, 0) is 10.2 Å². The van der Waals surface area contributed by atoms with Gasteiger partial charge in [0, 0.05) is 11.8 Å². The molecule has 1 aliphatic heterocycles. The number of nitrogens with zero attached hydrogens (tertiary/aromatic N) is 1. The number of hydrogen-bond acceptors (Lipinski definition) is 4. The lowest BCUT2D eigenvalue weighted by Crippen LogP contribution is -2.28. The van der Waals surface area contributed by atoms with Crippen molar-refractivity contribution >= 4 is 11.7 Å². The van der Waals surface area contributed by atoms with E-state index in [2.05, 4.69) is 55.3 Å². The Kier molecular flexibility index (Phi) is 4.69. The highest BCUT2D eigenvalue weighted by atomic mass is 16.7. The van der Waals surface area contributed by atoms with Gasteiger partial charge in [0.05, 0.1) is 5.41 Å². The Balaban J connectivity index is 1.39. The van der Waals surface area contributed by atoms with Gasteiger partial charge in [-0.25, -0.2) is 4.98 Å². The minimum absolute atomic E-state index is 0.0198. The van der Waals surface area contributed by atoms with Crippen LogP contribution < -0.4 is 14.8 Å². The first kappa shape index (κ1) is 19.6. The number of anilines is 1. The molecule has 1 fully saturated rings. The van der Waals surface area contributed by atoms with E-state index in [0.29, 0.717) is 17.5 Å². The van der Waals surface area contributed by atoms with Gasteiger partial charge >= 0.3 is 0 Å². The third-order valence-corrected chi connectivity index (χ3v) is 6.34. The molecule has 2 heterocycles. The molecule has 1 amide bonds. The van der Waals surface area contributed by atoms with Gasteiger partial charge < -0.3 is 14.8 Å². The first-order valence-corrected chi connectivity index (χ1v) is 10.8. The predicted octanol–water partition coefficient (Wildman–Crippen LogP) is 5.58. The monoisotopic (exact) mass is 414 g/mol. The molecule has 5 rings (SSSR count). The number of fused-ring (bicyclic) bond motifs is 1. The van der Waals surface area contributed by atoms with Gasteiger partial charge in [0.25, 0.3) is 0 Å². The molecule has 0 atom stereocenters. The van der Waals surface area contributed by atoms with Crippen molar-refractivity contribution in [3.8, 4) is 22.6 Å². The van der Waals surface area contributed by atoms with Gasteiger partial charge in [-0.15, -0.1) is 0 Å². The number of rotatable bonds is 5. The van der Waals surface area contributed by atoms with Crippen molar-refractivity contribution in [2.24, 2.45) is 0 Å². The standard InChI is InChI=1S/C26H26N2O3/c1-16(2)19-6-4-5-7-20(19)21-14-27-24(12-17(21)3)28-25(29)26(10-11-26)18-8-9-22-23(13-18)31-15-30-22/h4-9,12-14,16H,10-11,15H2,1-3H3,(H,27,28,29). The predicted molar refractivity (Wildman–Crippen MR) is 121 cm³/mol. The van der Waals surface area contributed by atoms with Gasteiger partial charge in [-0.3, -0.25) is 4.79 Å². The molecular formula is C26H26N2O3. The van der Waals surface area contributed by atoms with E-state index in [1.54, 1.807) is 0 Å². The van der Waals surface area contributed by atoms with Crippen LogP contribution in [0.15, 0.2) is 54.7 Å². The fourth-order valence-electron chi connectivity index (χ4n) is 4.35. The normalized spacial score (nSPS) is 15.7. The number of amides is 1. The van der Waals surface area contributed by atoms with Gasteiger partial charge in [-0.1, -0.05) is 44.2 Å². The Morgan fingerprint density at radius 2 is 1.81 bits per heavy atom. The van der Waals surface area contributed by atoms with Crippen LogP contribution in [0.5, 0.6) is 11.5 Å². The van der Waals surface area contributed by atoms with Crippen molar-refractivity contribution in [2.45, 2.75) is 44.9 Å². The molecule has 0 spiro atoms. The van der Waals surface area contributed by atoms with Gasteiger partial charge in [0.1, 0.15) is 5.82 Å². The second-order valence-corrected chi connectivity index (χ2v) is 8.73. The number of nitrogens with one attached hydrogen (secondary N) is 1. The minimum Gasteiger partial charge on any atom is -0.454 e. The van der Waals surface area contributed by atoms with Crippen molar-refractivity contribution in [3.05, 3.63) is 71.4 Å². The molecule has 0 unspecified atom stereocenters. The molecule has 0 bridgehead atoms. The van der Waals surface area contributed by atoms with Crippen LogP contribution in [0.4, 0.5) is 5.82 Å². The highest BCUT2D eigenvalue weighted by Crippen LogP contribution is 2.51. The molecular weight excluding hydrogens is 388 g/mol. The summed E-state index contributed by atoms with van der Waals surface area (Å²) in [6.45, 7) is 6.69. The Labute approximate surface area is 182 Å². The van der Waals surface area contributed by atoms with Crippen molar-refractivity contribution in [1.29, 1.82) is 0 Å². The molecule has 5 nitrogen and oxygen atoms in total. The quantitative estimate of drug-likeness (QED) is 0.592. The summed E-state index contributed by atoms with van der Waals surface area (Å²) in [7, 11) is 0. The number of pyridine rings is 1. The highest BCUT2D eigenvalue weighted by molar-refractivity contribution is 6.01. The van der Waals surface area contributed by atoms with Crippen LogP contribution in [0.2, 0.25) is 0 Å². The summed E-state index contributed by atoms with van der Waals surface area (Å²) in [5.74, 6) is 2.42. The van der Waals surface area contributed by atoms with E-state index in [0.717, 1.165) is 35.3 Å². The Morgan fingerprint density at radius 1 is 1.03 bits per heavy atom. The lowest BCUT2D eigenvalue weighted by atomic mass is 9.91.